The predicted octanol–water partition coefficient (Wildman–Crippen LogP) is 1.70. The minimum atomic E-state index is -0.977. The number of hydrogen-bond acceptors (Lipinski definition) is 9. The summed E-state index contributed by atoms with van der Waals surface area (Å²) < 4.78 is 25.7. The zero-order valence-corrected chi connectivity index (χ0v) is 16.7. The van der Waals surface area contributed by atoms with Gasteiger partial charge in [0, 0.05) is 0 Å². The summed E-state index contributed by atoms with van der Waals surface area (Å²) in [5, 5.41) is -0.332. The van der Waals surface area contributed by atoms with Crippen molar-refractivity contribution >= 4 is 29.8 Å². The Hall–Kier alpha value is -2.62. The van der Waals surface area contributed by atoms with Gasteiger partial charge >= 0.3 is 18.0 Å². The first-order valence-corrected chi connectivity index (χ1v) is 9.48. The van der Waals surface area contributed by atoms with E-state index in [1.165, 1.54) is 45.1 Å². The summed E-state index contributed by atoms with van der Waals surface area (Å²) in [7, 11) is 5.57. The molecule has 1 aromatic carbocycles. The zero-order valence-electron chi connectivity index (χ0n) is 15.9. The van der Waals surface area contributed by atoms with Crippen LogP contribution in [-0.2, 0) is 23.8 Å². The van der Waals surface area contributed by atoms with Gasteiger partial charge in [0.05, 0.1) is 45.5 Å². The Labute approximate surface area is 166 Å². The summed E-state index contributed by atoms with van der Waals surface area (Å²) in [6, 6.07) is 1.99. The molecule has 0 radical (unpaired) electrons. The van der Waals surface area contributed by atoms with E-state index in [-0.39, 0.29) is 23.6 Å². The lowest BCUT2D eigenvalue weighted by Gasteiger charge is -2.40. The fraction of sp³-hybridized carbons (Fsp3) is 0.500. The van der Waals surface area contributed by atoms with Gasteiger partial charge in [0.25, 0.3) is 0 Å². The van der Waals surface area contributed by atoms with Crippen LogP contribution in [0.1, 0.15) is 22.4 Å². The number of methoxy groups -OCH3 is 4. The average molecular weight is 411 g/mol. The van der Waals surface area contributed by atoms with Gasteiger partial charge in [-0.3, -0.25) is 9.69 Å². The number of ether oxygens (including phenoxy) is 5. The lowest BCUT2D eigenvalue weighted by Crippen LogP contribution is -2.47. The molecular weight excluding hydrogens is 390 g/mol. The normalized spacial score (nSPS) is 22.6. The molecule has 152 valence electrons. The molecule has 28 heavy (non-hydrogen) atoms. The number of carbonyl (C=O) groups excluding carboxylic acids is 3. The summed E-state index contributed by atoms with van der Waals surface area (Å²) >= 11 is 1.31. The second kappa shape index (κ2) is 8.17. The highest BCUT2D eigenvalue weighted by Crippen LogP contribution is 2.51. The molecule has 0 aromatic heterocycles. The lowest BCUT2D eigenvalue weighted by molar-refractivity contribution is -0.147. The maximum absolute atomic E-state index is 12.6. The molecule has 10 heteroatoms. The number of cyclic esters (lactones) is 1. The number of carbonyl (C=O) groups is 3. The summed E-state index contributed by atoms with van der Waals surface area (Å²) in [5.74, 6) is -0.00567. The van der Waals surface area contributed by atoms with E-state index in [4.69, 9.17) is 23.7 Å². The van der Waals surface area contributed by atoms with Crippen LogP contribution in [0.3, 0.4) is 0 Å². The van der Waals surface area contributed by atoms with E-state index in [1.807, 2.05) is 0 Å². The van der Waals surface area contributed by atoms with Crippen LogP contribution in [0, 0.1) is 0 Å². The Kier molecular flexibility index (Phi) is 5.87. The van der Waals surface area contributed by atoms with Crippen molar-refractivity contribution in [1.82, 2.24) is 4.90 Å². The summed E-state index contributed by atoms with van der Waals surface area (Å²) in [6.45, 7) is 0.0962. The van der Waals surface area contributed by atoms with Gasteiger partial charge < -0.3 is 23.7 Å². The van der Waals surface area contributed by atoms with Crippen LogP contribution in [-0.4, -0.2) is 69.8 Å². The molecular formula is C18H21NO8S. The molecule has 0 saturated carbocycles. The van der Waals surface area contributed by atoms with Crippen molar-refractivity contribution in [2.45, 2.75) is 17.3 Å². The van der Waals surface area contributed by atoms with Gasteiger partial charge in [-0.2, -0.15) is 0 Å². The fourth-order valence-corrected chi connectivity index (χ4v) is 4.75. The van der Waals surface area contributed by atoms with E-state index in [9.17, 15) is 14.4 Å². The van der Waals surface area contributed by atoms with Gasteiger partial charge in [-0.05, 0) is 23.3 Å². The number of fused-ring (bicyclic) bond motifs is 2. The number of amides is 1. The number of benzene rings is 1. The first-order chi connectivity index (χ1) is 13.5. The smallest absolute Gasteiger partial charge is 0.411 e. The molecule has 1 aromatic rings. The molecule has 2 heterocycles. The fourth-order valence-electron chi connectivity index (χ4n) is 3.50. The summed E-state index contributed by atoms with van der Waals surface area (Å²) in [5.41, 5.74) is 1.29. The average Bonchev–Trinajstić information content (AvgIpc) is 3.10. The maximum Gasteiger partial charge on any atom is 0.411 e. The molecule has 1 fully saturated rings. The summed E-state index contributed by atoms with van der Waals surface area (Å²) in [4.78, 5) is 38.0. The SMILES string of the molecule is COC(=O)CS[C@@H]1c2cc(OC)c(OC)cc2[C@@H](C(=O)OC)N2C(=O)OC[C@H]12. The van der Waals surface area contributed by atoms with Crippen LogP contribution in [0.4, 0.5) is 4.79 Å². The maximum atomic E-state index is 12.6. The highest BCUT2D eigenvalue weighted by atomic mass is 32.2. The Bertz CT molecular complexity index is 798. The topological polar surface area (TPSA) is 101 Å². The van der Waals surface area contributed by atoms with Crippen molar-refractivity contribution in [3.8, 4) is 11.5 Å². The Balaban J connectivity index is 2.15. The monoisotopic (exact) mass is 411 g/mol. The van der Waals surface area contributed by atoms with Crippen LogP contribution < -0.4 is 9.47 Å². The molecule has 0 spiro atoms. The minimum Gasteiger partial charge on any atom is -0.493 e. The van der Waals surface area contributed by atoms with E-state index < -0.39 is 24.1 Å². The van der Waals surface area contributed by atoms with Crippen LogP contribution >= 0.6 is 11.8 Å². The third-order valence-electron chi connectivity index (χ3n) is 4.80. The van der Waals surface area contributed by atoms with Gasteiger partial charge in [0.2, 0.25) is 0 Å². The number of esters is 2. The second-order valence-electron chi connectivity index (χ2n) is 6.12. The molecule has 2 aliphatic heterocycles. The van der Waals surface area contributed by atoms with E-state index in [2.05, 4.69) is 0 Å². The first kappa shape index (κ1) is 20.1. The molecule has 0 bridgehead atoms. The number of thioether (sulfide) groups is 1. The van der Waals surface area contributed by atoms with Gasteiger partial charge in [-0.25, -0.2) is 9.59 Å². The Morgan fingerprint density at radius 1 is 1.11 bits per heavy atom. The quantitative estimate of drug-likeness (QED) is 0.511. The van der Waals surface area contributed by atoms with E-state index in [0.717, 1.165) is 5.56 Å². The Morgan fingerprint density at radius 2 is 1.75 bits per heavy atom. The molecule has 3 rings (SSSR count). The van der Waals surface area contributed by atoms with E-state index in [1.54, 1.807) is 12.1 Å². The van der Waals surface area contributed by atoms with Crippen LogP contribution in [0.25, 0.3) is 0 Å². The molecule has 9 nitrogen and oxygen atoms in total. The highest BCUT2D eigenvalue weighted by molar-refractivity contribution is 8.00. The predicted molar refractivity (Wildman–Crippen MR) is 98.5 cm³/mol. The van der Waals surface area contributed by atoms with Crippen molar-refractivity contribution < 1.29 is 38.1 Å². The van der Waals surface area contributed by atoms with Crippen molar-refractivity contribution in [3.05, 3.63) is 23.3 Å². The zero-order chi connectivity index (χ0) is 20.4. The second-order valence-corrected chi connectivity index (χ2v) is 7.25. The van der Waals surface area contributed by atoms with Crippen molar-refractivity contribution in [2.75, 3.05) is 40.8 Å². The molecule has 2 aliphatic rings. The lowest BCUT2D eigenvalue weighted by atomic mass is 9.88. The van der Waals surface area contributed by atoms with Gasteiger partial charge in [0.1, 0.15) is 6.61 Å². The molecule has 1 saturated heterocycles. The van der Waals surface area contributed by atoms with E-state index in [0.29, 0.717) is 17.1 Å². The minimum absolute atomic E-state index is 0.0797. The third kappa shape index (κ3) is 3.32. The van der Waals surface area contributed by atoms with Crippen molar-refractivity contribution in [2.24, 2.45) is 0 Å². The largest absolute Gasteiger partial charge is 0.493 e. The highest BCUT2D eigenvalue weighted by Gasteiger charge is 2.52. The van der Waals surface area contributed by atoms with Crippen LogP contribution in [0.2, 0.25) is 0 Å². The van der Waals surface area contributed by atoms with E-state index >= 15 is 0 Å². The molecule has 1 amide bonds. The number of hydrogen-bond donors (Lipinski definition) is 0. The Morgan fingerprint density at radius 3 is 2.32 bits per heavy atom. The first-order valence-electron chi connectivity index (χ1n) is 8.43. The van der Waals surface area contributed by atoms with Crippen LogP contribution in [0.15, 0.2) is 12.1 Å². The van der Waals surface area contributed by atoms with Crippen LogP contribution in [0.5, 0.6) is 11.5 Å². The van der Waals surface area contributed by atoms with Crippen molar-refractivity contribution in [1.29, 1.82) is 0 Å². The number of rotatable bonds is 6. The van der Waals surface area contributed by atoms with Gasteiger partial charge in [-0.1, -0.05) is 0 Å². The van der Waals surface area contributed by atoms with Gasteiger partial charge in [0.15, 0.2) is 17.5 Å². The molecule has 0 unspecified atom stereocenters. The van der Waals surface area contributed by atoms with Crippen molar-refractivity contribution in [3.63, 3.8) is 0 Å². The molecule has 0 aliphatic carbocycles. The third-order valence-corrected chi connectivity index (χ3v) is 6.13. The molecule has 3 atom stereocenters. The van der Waals surface area contributed by atoms with Gasteiger partial charge in [-0.15, -0.1) is 11.8 Å². The standard InChI is InChI=1S/C18H21NO8S/c1-23-12-5-9-10(6-13(12)24-2)16(28-8-14(20)25-3)11-7-27-18(22)19(11)15(9)17(21)26-4/h5-6,11,15-16H,7-8H2,1-4H3/t11-,15+,16-/m1/s1. The number of nitrogens with zero attached hydrogens (tertiary/aromatic N) is 1. The molecule has 0 N–H and O–H groups in total. The summed E-state index contributed by atoms with van der Waals surface area (Å²) in [6.07, 6.45) is -0.607.